The number of aliphatic hydroxyl groups excluding tert-OH is 1. The van der Waals surface area contributed by atoms with E-state index in [4.69, 9.17) is 11.5 Å². The topological polar surface area (TPSA) is 259 Å². The number of nitrogens with zero attached hydrogens (tertiary/aromatic N) is 3. The zero-order chi connectivity index (χ0) is 50.3. The van der Waals surface area contributed by atoms with Gasteiger partial charge in [0.25, 0.3) is 0 Å². The van der Waals surface area contributed by atoms with Crippen LogP contribution < -0.4 is 37.6 Å². The van der Waals surface area contributed by atoms with Crippen molar-refractivity contribution in [1.82, 2.24) is 31.2 Å². The van der Waals surface area contributed by atoms with Gasteiger partial charge in [-0.2, -0.15) is 0 Å². The van der Waals surface area contributed by atoms with Crippen molar-refractivity contribution in [3.63, 3.8) is 0 Å². The molecular formula is C52H66ClN9O8S. The molecule has 4 aromatic rings. The number of carbonyl (C=O) groups is 7. The van der Waals surface area contributed by atoms with E-state index in [0.29, 0.717) is 37.8 Å². The first kappa shape index (κ1) is 54.1. The largest absolute Gasteiger partial charge is 0.391 e. The molecule has 7 rings (SSSR count). The predicted octanol–water partition coefficient (Wildman–Crippen LogP) is 3.66. The van der Waals surface area contributed by atoms with Crippen molar-refractivity contribution >= 4 is 70.8 Å². The number of benzene rings is 3. The van der Waals surface area contributed by atoms with Gasteiger partial charge in [-0.25, -0.2) is 4.98 Å². The van der Waals surface area contributed by atoms with E-state index in [9.17, 15) is 38.7 Å². The summed E-state index contributed by atoms with van der Waals surface area (Å²) in [6.07, 6.45) is 2.51. The number of unbranched alkanes of at least 4 members (excludes halogenated alkanes) is 1. The van der Waals surface area contributed by atoms with Crippen LogP contribution in [0.5, 0.6) is 0 Å². The smallest absolute Gasteiger partial charge is 0.246 e. The number of β-amino-alcohol motifs (C(OH)–C–C–N with tert-alkyl or cyclic N) is 1. The van der Waals surface area contributed by atoms with Crippen molar-refractivity contribution in [3.8, 4) is 10.4 Å². The maximum absolute atomic E-state index is 14.1. The number of nitrogens with one attached hydrogen (secondary N) is 4. The second-order valence-corrected chi connectivity index (χ2v) is 20.6. The summed E-state index contributed by atoms with van der Waals surface area (Å²) < 4.78 is 0. The van der Waals surface area contributed by atoms with Gasteiger partial charge < -0.3 is 42.7 Å². The summed E-state index contributed by atoms with van der Waals surface area (Å²) in [5, 5.41) is 22.1. The molecule has 1 aromatic heterocycles. The molecule has 0 spiro atoms. The monoisotopic (exact) mass is 1010 g/mol. The molecule has 7 amide bonds. The van der Waals surface area contributed by atoms with Crippen molar-refractivity contribution in [1.29, 1.82) is 0 Å². The highest BCUT2D eigenvalue weighted by atomic mass is 35.5. The summed E-state index contributed by atoms with van der Waals surface area (Å²) in [5.41, 5.74) is 20.0. The summed E-state index contributed by atoms with van der Waals surface area (Å²) in [7, 11) is 0. The van der Waals surface area contributed by atoms with Crippen LogP contribution in [0, 0.1) is 12.3 Å². The minimum absolute atomic E-state index is 0. The maximum Gasteiger partial charge on any atom is 0.246 e. The van der Waals surface area contributed by atoms with Crippen LogP contribution in [0.25, 0.3) is 10.4 Å². The molecule has 0 bridgehead atoms. The van der Waals surface area contributed by atoms with Gasteiger partial charge >= 0.3 is 0 Å². The Hall–Kier alpha value is -6.21. The lowest BCUT2D eigenvalue weighted by Gasteiger charge is -2.35. The molecule has 0 radical (unpaired) electrons. The SMILES string of the molecule is Cc1ncsc1-c1ccc(CNC(=O)[C@@H]2C[C@@H](O)CN2C(=O)[C@@H](NC(=O)CCCCc2ccc(CNC(=O)[C@H](CCC(N)=O)NC(=O)[C@@H]3Cc4cccc5c4N3C(=O)[C@@H](N)CC5)cc2)C(C)(C)C)cc1.Cl. The number of hydrogen-bond acceptors (Lipinski definition) is 11. The van der Waals surface area contributed by atoms with Crippen LogP contribution in [0.4, 0.5) is 5.69 Å². The van der Waals surface area contributed by atoms with Crippen LogP contribution in [0.2, 0.25) is 0 Å². The van der Waals surface area contributed by atoms with E-state index in [1.54, 1.807) is 16.8 Å². The van der Waals surface area contributed by atoms with Gasteiger partial charge in [-0.05, 0) is 84.2 Å². The molecule has 380 valence electrons. The zero-order valence-corrected chi connectivity index (χ0v) is 42.3. The van der Waals surface area contributed by atoms with Gasteiger partial charge in [0.15, 0.2) is 0 Å². The number of aryl methyl sites for hydroxylation is 3. The molecule has 71 heavy (non-hydrogen) atoms. The molecule has 4 heterocycles. The fourth-order valence-corrected chi connectivity index (χ4v) is 10.3. The van der Waals surface area contributed by atoms with Gasteiger partial charge in [0.05, 0.1) is 33.9 Å². The van der Waals surface area contributed by atoms with Gasteiger partial charge in [-0.1, -0.05) is 87.5 Å². The average molecular weight is 1010 g/mol. The third-order valence-corrected chi connectivity index (χ3v) is 14.4. The number of amides is 7. The molecule has 3 aliphatic heterocycles. The molecule has 6 atom stereocenters. The summed E-state index contributed by atoms with van der Waals surface area (Å²) in [5.74, 6) is -3.06. The standard InChI is InChI=1S/C52H65N9O8S.ClH/c1-30-45(70-29-57-30)35-18-16-33(17-19-35)27-56-48(66)40-25-37(62)28-60(40)51(69)46(52(2,3)4)59-43(64)11-6-5-8-31-12-14-32(15-13-31)26-55-47(65)39(22-23-42(54)63)58-49(67)41-24-36-10-7-9-34-20-21-38(53)50(68)61(41)44(34)36;/h7,9-10,12-19,29,37-41,46,62H,5-6,8,11,20-28,53H2,1-4H3,(H2,54,63)(H,55,65)(H,56,66)(H,58,67)(H,59,64);1H/t37-,38+,39+,40+,41+,46-;/m1./s1. The highest BCUT2D eigenvalue weighted by Gasteiger charge is 2.45. The van der Waals surface area contributed by atoms with Crippen molar-refractivity contribution in [2.45, 2.75) is 141 Å². The quantitative estimate of drug-likeness (QED) is 0.0671. The Morgan fingerprint density at radius 3 is 2.18 bits per heavy atom. The number of aromatic nitrogens is 1. The average Bonchev–Trinajstić information content (AvgIpc) is 4.05. The molecule has 3 aliphatic rings. The van der Waals surface area contributed by atoms with E-state index >= 15 is 0 Å². The first-order valence-electron chi connectivity index (χ1n) is 24.1. The highest BCUT2D eigenvalue weighted by Crippen LogP contribution is 2.39. The van der Waals surface area contributed by atoms with Gasteiger partial charge in [-0.15, -0.1) is 23.7 Å². The van der Waals surface area contributed by atoms with E-state index < -0.39 is 65.4 Å². The molecular weight excluding hydrogens is 946 g/mol. The number of carbonyl (C=O) groups excluding carboxylic acids is 7. The fraction of sp³-hybridized carbons (Fsp3) is 0.462. The number of rotatable bonds is 19. The third-order valence-electron chi connectivity index (χ3n) is 13.4. The first-order chi connectivity index (χ1) is 33.4. The number of anilines is 1. The Morgan fingerprint density at radius 2 is 1.52 bits per heavy atom. The molecule has 3 aromatic carbocycles. The summed E-state index contributed by atoms with van der Waals surface area (Å²) in [4.78, 5) is 102. The summed E-state index contributed by atoms with van der Waals surface area (Å²) in [6, 6.07) is 16.7. The summed E-state index contributed by atoms with van der Waals surface area (Å²) in [6.45, 7) is 7.90. The Balaban J connectivity index is 0.00000825. The van der Waals surface area contributed by atoms with Crippen LogP contribution in [-0.2, 0) is 65.9 Å². The normalized spacial score (nSPS) is 19.2. The van der Waals surface area contributed by atoms with Crippen LogP contribution >= 0.6 is 23.7 Å². The molecule has 1 saturated heterocycles. The Morgan fingerprint density at radius 1 is 0.859 bits per heavy atom. The van der Waals surface area contributed by atoms with Crippen LogP contribution in [0.3, 0.4) is 0 Å². The molecule has 1 fully saturated rings. The number of hydrogen-bond donors (Lipinski definition) is 7. The molecule has 19 heteroatoms. The zero-order valence-electron chi connectivity index (χ0n) is 40.7. The van der Waals surface area contributed by atoms with Gasteiger partial charge in [0.2, 0.25) is 41.4 Å². The van der Waals surface area contributed by atoms with Crippen LogP contribution in [0.1, 0.15) is 99.2 Å². The Kier molecular flexibility index (Phi) is 18.1. The number of para-hydroxylation sites is 1. The van der Waals surface area contributed by atoms with Gasteiger partial charge in [0, 0.05) is 45.3 Å². The fourth-order valence-electron chi connectivity index (χ4n) is 9.45. The number of thiazole rings is 1. The molecule has 9 N–H and O–H groups in total. The molecule has 0 aliphatic carbocycles. The maximum atomic E-state index is 14.1. The molecule has 0 unspecified atom stereocenters. The minimum atomic E-state index is -1.08. The third kappa shape index (κ3) is 13.4. The minimum Gasteiger partial charge on any atom is -0.391 e. The second-order valence-electron chi connectivity index (χ2n) is 19.7. The second kappa shape index (κ2) is 23.8. The van der Waals surface area contributed by atoms with E-state index in [1.165, 1.54) is 9.80 Å². The van der Waals surface area contributed by atoms with Crippen LogP contribution in [0.15, 0.2) is 72.2 Å². The van der Waals surface area contributed by atoms with Crippen molar-refractivity contribution in [3.05, 3.63) is 106 Å². The molecule has 17 nitrogen and oxygen atoms in total. The highest BCUT2D eigenvalue weighted by molar-refractivity contribution is 7.13. The van der Waals surface area contributed by atoms with Crippen LogP contribution in [-0.4, -0.2) is 99.2 Å². The number of likely N-dealkylation sites (tertiary alicyclic amines) is 1. The van der Waals surface area contributed by atoms with E-state index in [0.717, 1.165) is 44.0 Å². The van der Waals surface area contributed by atoms with Crippen molar-refractivity contribution < 1.29 is 38.7 Å². The molecule has 0 saturated carbocycles. The number of nitrogens with two attached hydrogens (primary N) is 2. The van der Waals surface area contributed by atoms with E-state index in [1.807, 2.05) is 94.4 Å². The van der Waals surface area contributed by atoms with Crippen molar-refractivity contribution in [2.75, 3.05) is 11.4 Å². The lowest BCUT2D eigenvalue weighted by molar-refractivity contribution is -0.144. The van der Waals surface area contributed by atoms with E-state index in [-0.39, 0.29) is 81.9 Å². The Labute approximate surface area is 424 Å². The number of halogens is 1. The number of aliphatic hydroxyl groups is 1. The van der Waals surface area contributed by atoms with Crippen molar-refractivity contribution in [2.24, 2.45) is 16.9 Å². The summed E-state index contributed by atoms with van der Waals surface area (Å²) >= 11 is 1.57. The lowest BCUT2D eigenvalue weighted by atomic mass is 9.85. The van der Waals surface area contributed by atoms with Gasteiger partial charge in [0.1, 0.15) is 24.2 Å². The van der Waals surface area contributed by atoms with E-state index in [2.05, 4.69) is 26.3 Å². The first-order valence-corrected chi connectivity index (χ1v) is 24.9. The number of primary amides is 1. The van der Waals surface area contributed by atoms with Gasteiger partial charge in [-0.3, -0.25) is 38.5 Å². The predicted molar refractivity (Wildman–Crippen MR) is 273 cm³/mol. The lowest BCUT2D eigenvalue weighted by Crippen LogP contribution is -2.57. The Bertz CT molecular complexity index is 2580.